The number of aliphatic carboxylic acids is 1. The summed E-state index contributed by atoms with van der Waals surface area (Å²) in [4.78, 5) is 26.1. The Kier molecular flexibility index (Phi) is 5.57. The fraction of sp³-hybridized carbons (Fsp3) is 0.889. The van der Waals surface area contributed by atoms with Gasteiger partial charge in [-0.1, -0.05) is 25.7 Å². The quantitative estimate of drug-likeness (QED) is 0.811. The van der Waals surface area contributed by atoms with Crippen LogP contribution in [0.15, 0.2) is 0 Å². The molecule has 2 aliphatic heterocycles. The lowest BCUT2D eigenvalue weighted by Crippen LogP contribution is -2.45. The Morgan fingerprint density at radius 3 is 2.17 bits per heavy atom. The smallest absolute Gasteiger partial charge is 0.309 e. The maximum absolute atomic E-state index is 12.7. The molecule has 2 atom stereocenters. The van der Waals surface area contributed by atoms with Crippen LogP contribution in [0, 0.1) is 17.8 Å². The number of carboxylic acid groups (broad SMARTS) is 1. The van der Waals surface area contributed by atoms with Gasteiger partial charge < -0.3 is 14.7 Å². The minimum absolute atomic E-state index is 0.150. The number of amides is 1. The topological polar surface area (TPSA) is 66.8 Å². The standard InChI is InChI=1S/C18H29NO4/c20-17(14-5-3-1-2-4-6-14)19-10-7-13(8-11-19)16-15(18(21)22)9-12-23-16/h13-16H,1-12H2,(H,21,22)/t15?,16-/m0/s1. The Hall–Kier alpha value is -1.10. The van der Waals surface area contributed by atoms with Gasteiger partial charge >= 0.3 is 5.97 Å². The average molecular weight is 323 g/mol. The van der Waals surface area contributed by atoms with Crippen molar-refractivity contribution in [3.8, 4) is 0 Å². The average Bonchev–Trinajstić information content (AvgIpc) is 2.90. The summed E-state index contributed by atoms with van der Waals surface area (Å²) in [5.74, 6) is -0.235. The molecule has 1 amide bonds. The predicted molar refractivity (Wildman–Crippen MR) is 86.0 cm³/mol. The van der Waals surface area contributed by atoms with Crippen LogP contribution in [-0.4, -0.2) is 47.7 Å². The molecule has 0 aromatic rings. The van der Waals surface area contributed by atoms with E-state index >= 15 is 0 Å². The van der Waals surface area contributed by atoms with Crippen molar-refractivity contribution in [1.29, 1.82) is 0 Å². The molecule has 5 heteroatoms. The molecule has 1 aliphatic carbocycles. The van der Waals surface area contributed by atoms with Gasteiger partial charge in [0.05, 0.1) is 12.0 Å². The van der Waals surface area contributed by atoms with Crippen molar-refractivity contribution >= 4 is 11.9 Å². The van der Waals surface area contributed by atoms with Gasteiger partial charge in [-0.05, 0) is 38.0 Å². The van der Waals surface area contributed by atoms with Crippen molar-refractivity contribution in [2.24, 2.45) is 17.8 Å². The molecule has 3 aliphatic rings. The summed E-state index contributed by atoms with van der Waals surface area (Å²) in [5, 5.41) is 9.31. The number of carbonyl (C=O) groups is 2. The van der Waals surface area contributed by atoms with Crippen molar-refractivity contribution in [1.82, 2.24) is 4.90 Å². The lowest BCUT2D eigenvalue weighted by Gasteiger charge is -2.37. The van der Waals surface area contributed by atoms with E-state index in [9.17, 15) is 14.7 Å². The van der Waals surface area contributed by atoms with Crippen LogP contribution in [0.3, 0.4) is 0 Å². The Morgan fingerprint density at radius 1 is 0.913 bits per heavy atom. The number of carboxylic acids is 1. The van der Waals surface area contributed by atoms with E-state index in [1.807, 2.05) is 4.90 Å². The number of nitrogens with zero attached hydrogens (tertiary/aromatic N) is 1. The largest absolute Gasteiger partial charge is 0.481 e. The van der Waals surface area contributed by atoms with E-state index in [2.05, 4.69) is 0 Å². The third kappa shape index (κ3) is 3.87. The van der Waals surface area contributed by atoms with Gasteiger partial charge in [-0.2, -0.15) is 0 Å². The van der Waals surface area contributed by atoms with E-state index < -0.39 is 5.97 Å². The van der Waals surface area contributed by atoms with Crippen molar-refractivity contribution in [2.75, 3.05) is 19.7 Å². The van der Waals surface area contributed by atoms with Crippen LogP contribution < -0.4 is 0 Å². The molecule has 130 valence electrons. The lowest BCUT2D eigenvalue weighted by atomic mass is 9.84. The summed E-state index contributed by atoms with van der Waals surface area (Å²) in [6, 6.07) is 0. The van der Waals surface area contributed by atoms with Crippen LogP contribution >= 0.6 is 0 Å². The van der Waals surface area contributed by atoms with Gasteiger partial charge in [-0.3, -0.25) is 9.59 Å². The summed E-state index contributed by atoms with van der Waals surface area (Å²) in [5.41, 5.74) is 0. The number of hydrogen-bond acceptors (Lipinski definition) is 3. The molecule has 1 saturated carbocycles. The van der Waals surface area contributed by atoms with Crippen LogP contribution in [-0.2, 0) is 14.3 Å². The zero-order valence-corrected chi connectivity index (χ0v) is 13.9. The third-order valence-electron chi connectivity index (χ3n) is 5.97. The second-order valence-electron chi connectivity index (χ2n) is 7.42. The lowest BCUT2D eigenvalue weighted by molar-refractivity contribution is -0.146. The highest BCUT2D eigenvalue weighted by Crippen LogP contribution is 2.34. The van der Waals surface area contributed by atoms with Gasteiger partial charge in [-0.15, -0.1) is 0 Å². The molecule has 0 aromatic carbocycles. The van der Waals surface area contributed by atoms with Crippen molar-refractivity contribution < 1.29 is 19.4 Å². The van der Waals surface area contributed by atoms with E-state index in [0.717, 1.165) is 38.8 Å². The second kappa shape index (κ2) is 7.65. The van der Waals surface area contributed by atoms with Crippen LogP contribution in [0.5, 0.6) is 0 Å². The van der Waals surface area contributed by atoms with Gasteiger partial charge in [-0.25, -0.2) is 0 Å². The summed E-state index contributed by atoms with van der Waals surface area (Å²) in [6.45, 7) is 2.10. The summed E-state index contributed by atoms with van der Waals surface area (Å²) >= 11 is 0. The Bertz CT molecular complexity index is 423. The monoisotopic (exact) mass is 323 g/mol. The molecule has 0 radical (unpaired) electrons. The molecule has 2 heterocycles. The van der Waals surface area contributed by atoms with Gasteiger partial charge in [0, 0.05) is 25.6 Å². The summed E-state index contributed by atoms with van der Waals surface area (Å²) in [6.07, 6.45) is 9.23. The van der Waals surface area contributed by atoms with Gasteiger partial charge in [0.1, 0.15) is 0 Å². The van der Waals surface area contributed by atoms with E-state index in [0.29, 0.717) is 18.9 Å². The number of piperidine rings is 1. The zero-order chi connectivity index (χ0) is 16.2. The first-order valence-electron chi connectivity index (χ1n) is 9.30. The molecule has 1 unspecified atom stereocenters. The normalized spacial score (nSPS) is 31.0. The highest BCUT2D eigenvalue weighted by molar-refractivity contribution is 5.79. The van der Waals surface area contributed by atoms with Crippen molar-refractivity contribution in [3.05, 3.63) is 0 Å². The van der Waals surface area contributed by atoms with Crippen LogP contribution in [0.25, 0.3) is 0 Å². The maximum atomic E-state index is 12.7. The van der Waals surface area contributed by atoms with Crippen molar-refractivity contribution in [2.45, 2.75) is 63.9 Å². The SMILES string of the molecule is O=C(O)C1CCO[C@H]1C1CCN(C(=O)C2CCCCCC2)CC1. The van der Waals surface area contributed by atoms with E-state index in [4.69, 9.17) is 4.74 Å². The zero-order valence-electron chi connectivity index (χ0n) is 13.9. The number of hydrogen-bond donors (Lipinski definition) is 1. The van der Waals surface area contributed by atoms with Gasteiger partial charge in [0.2, 0.25) is 5.91 Å². The van der Waals surface area contributed by atoms with Gasteiger partial charge in [0.15, 0.2) is 0 Å². The number of likely N-dealkylation sites (tertiary alicyclic amines) is 1. The molecule has 2 saturated heterocycles. The van der Waals surface area contributed by atoms with E-state index in [1.165, 1.54) is 25.7 Å². The molecule has 3 rings (SSSR count). The number of ether oxygens (including phenoxy) is 1. The maximum Gasteiger partial charge on any atom is 0.309 e. The van der Waals surface area contributed by atoms with E-state index in [1.54, 1.807) is 0 Å². The van der Waals surface area contributed by atoms with Crippen molar-refractivity contribution in [3.63, 3.8) is 0 Å². The molecule has 0 spiro atoms. The summed E-state index contributed by atoms with van der Waals surface area (Å²) in [7, 11) is 0. The molecular weight excluding hydrogens is 294 g/mol. The second-order valence-corrected chi connectivity index (χ2v) is 7.42. The molecule has 3 fully saturated rings. The van der Waals surface area contributed by atoms with Crippen LogP contribution in [0.4, 0.5) is 0 Å². The first-order valence-corrected chi connectivity index (χ1v) is 9.30. The third-order valence-corrected chi connectivity index (χ3v) is 5.97. The summed E-state index contributed by atoms with van der Waals surface area (Å²) < 4.78 is 5.71. The first-order chi connectivity index (χ1) is 11.2. The van der Waals surface area contributed by atoms with Gasteiger partial charge in [0.25, 0.3) is 0 Å². The first kappa shape index (κ1) is 16.7. The predicted octanol–water partition coefficient (Wildman–Crippen LogP) is 2.69. The molecule has 23 heavy (non-hydrogen) atoms. The Morgan fingerprint density at radius 2 is 1.57 bits per heavy atom. The molecular formula is C18H29NO4. The number of carbonyl (C=O) groups excluding carboxylic acids is 1. The number of rotatable bonds is 3. The highest BCUT2D eigenvalue weighted by Gasteiger charge is 2.41. The highest BCUT2D eigenvalue weighted by atomic mass is 16.5. The van der Waals surface area contributed by atoms with Crippen LogP contribution in [0.1, 0.15) is 57.8 Å². The fourth-order valence-electron chi connectivity index (χ4n) is 4.57. The minimum atomic E-state index is -0.732. The molecule has 5 nitrogen and oxygen atoms in total. The Labute approximate surface area is 138 Å². The van der Waals surface area contributed by atoms with Crippen LogP contribution in [0.2, 0.25) is 0 Å². The minimum Gasteiger partial charge on any atom is -0.481 e. The van der Waals surface area contributed by atoms with E-state index in [-0.39, 0.29) is 23.9 Å². The molecule has 0 bridgehead atoms. The Balaban J connectivity index is 1.51. The fourth-order valence-corrected chi connectivity index (χ4v) is 4.57. The molecule has 0 aromatic heterocycles. The molecule has 1 N–H and O–H groups in total.